The number of nitrogens with one attached hydrogen (secondary N) is 1. The van der Waals surface area contributed by atoms with E-state index in [1.807, 2.05) is 0 Å². The summed E-state index contributed by atoms with van der Waals surface area (Å²) in [4.78, 5) is 15.6. The molecule has 0 radical (unpaired) electrons. The number of hydrogen-bond acceptors (Lipinski definition) is 7. The Morgan fingerprint density at radius 3 is 2.59 bits per heavy atom. The first-order valence-electron chi connectivity index (χ1n) is 11.0. The van der Waals surface area contributed by atoms with Crippen LogP contribution in [0.5, 0.6) is 11.8 Å². The highest BCUT2D eigenvalue weighted by atomic mass is 35.5. The van der Waals surface area contributed by atoms with Crippen LogP contribution in [-0.4, -0.2) is 52.3 Å². The van der Waals surface area contributed by atoms with Gasteiger partial charge in [-0.25, -0.2) is 4.39 Å². The number of nitrogens with zero attached hydrogens (tertiary/aromatic N) is 4. The number of phenolic OH excluding ortho intramolecular Hbond substituents is 1. The van der Waals surface area contributed by atoms with Gasteiger partial charge in [-0.2, -0.15) is 9.97 Å². The van der Waals surface area contributed by atoms with Crippen LogP contribution in [0.1, 0.15) is 37.2 Å². The largest absolute Gasteiger partial charge is 0.508 e. The standard InChI is InChI=1S/C23H23ClFN5O2/c1-32-23-28-21-16(22(29-23)30-9-12-4-5-13(10-30)27-12)8-26-20(19(21)25)15-6-14(31)7-17(24)18(15)11-2-3-11/h6-8,11-13,27,31H,2-5,9-10H2,1H3. The SMILES string of the molecule is COc1nc(N2CC3CCC(C2)N3)c2cnc(-c3cc(O)cc(Cl)c3C3CC3)c(F)c2n1. The van der Waals surface area contributed by atoms with E-state index in [1.54, 1.807) is 6.20 Å². The molecular formula is C23H23ClFN5O2. The second-order valence-corrected chi connectivity index (χ2v) is 9.33. The average molecular weight is 456 g/mol. The van der Waals surface area contributed by atoms with Gasteiger partial charge in [-0.1, -0.05) is 11.6 Å². The highest BCUT2D eigenvalue weighted by Gasteiger charge is 2.35. The van der Waals surface area contributed by atoms with Crippen molar-refractivity contribution < 1.29 is 14.2 Å². The Morgan fingerprint density at radius 1 is 1.16 bits per heavy atom. The molecule has 9 heteroatoms. The maximum Gasteiger partial charge on any atom is 0.318 e. The van der Waals surface area contributed by atoms with Crippen LogP contribution < -0.4 is 15.0 Å². The smallest absolute Gasteiger partial charge is 0.318 e. The predicted octanol–water partition coefficient (Wildman–Crippen LogP) is 4.02. The number of phenols is 1. The van der Waals surface area contributed by atoms with Gasteiger partial charge in [0.2, 0.25) is 0 Å². The zero-order chi connectivity index (χ0) is 22.0. The third-order valence-electron chi connectivity index (χ3n) is 6.70. The number of benzene rings is 1. The summed E-state index contributed by atoms with van der Waals surface area (Å²) in [5.41, 5.74) is 1.62. The number of aromatic nitrogens is 3. The molecule has 0 amide bonds. The molecule has 1 saturated carbocycles. The van der Waals surface area contributed by atoms with Crippen molar-refractivity contribution in [2.75, 3.05) is 25.1 Å². The number of hydrogen-bond donors (Lipinski definition) is 2. The van der Waals surface area contributed by atoms with E-state index in [9.17, 15) is 5.11 Å². The fraction of sp³-hybridized carbons (Fsp3) is 0.435. The van der Waals surface area contributed by atoms with Crippen LogP contribution in [-0.2, 0) is 0 Å². The van der Waals surface area contributed by atoms with E-state index in [4.69, 9.17) is 16.3 Å². The van der Waals surface area contributed by atoms with E-state index < -0.39 is 5.82 Å². The van der Waals surface area contributed by atoms with Gasteiger partial charge in [0.25, 0.3) is 0 Å². The van der Waals surface area contributed by atoms with Crippen LogP contribution in [0.4, 0.5) is 10.2 Å². The Bertz CT molecular complexity index is 1220. The number of aromatic hydroxyl groups is 1. The minimum Gasteiger partial charge on any atom is -0.508 e. The lowest BCUT2D eigenvalue weighted by Crippen LogP contribution is -2.51. The van der Waals surface area contributed by atoms with E-state index in [2.05, 4.69) is 25.2 Å². The Hall–Kier alpha value is -2.71. The van der Waals surface area contributed by atoms with Crippen molar-refractivity contribution in [2.24, 2.45) is 0 Å². The molecule has 2 aromatic heterocycles. The van der Waals surface area contributed by atoms with Gasteiger partial charge >= 0.3 is 6.01 Å². The lowest BCUT2D eigenvalue weighted by molar-refractivity contribution is 0.380. The first-order chi connectivity index (χ1) is 15.5. The second-order valence-electron chi connectivity index (χ2n) is 8.92. The zero-order valence-electron chi connectivity index (χ0n) is 17.6. The highest BCUT2D eigenvalue weighted by molar-refractivity contribution is 6.32. The van der Waals surface area contributed by atoms with E-state index in [0.29, 0.717) is 33.9 Å². The molecule has 2 saturated heterocycles. The van der Waals surface area contributed by atoms with Gasteiger partial charge in [-0.15, -0.1) is 0 Å². The molecule has 7 nitrogen and oxygen atoms in total. The third-order valence-corrected chi connectivity index (χ3v) is 7.01. The normalized spacial score (nSPS) is 22.5. The molecule has 3 aliphatic rings. The van der Waals surface area contributed by atoms with Crippen LogP contribution in [0.3, 0.4) is 0 Å². The number of rotatable bonds is 4. The maximum absolute atomic E-state index is 15.9. The van der Waals surface area contributed by atoms with Crippen LogP contribution in [0.25, 0.3) is 22.2 Å². The first-order valence-corrected chi connectivity index (χ1v) is 11.3. The number of methoxy groups -OCH3 is 1. The van der Waals surface area contributed by atoms with Gasteiger partial charge < -0.3 is 20.1 Å². The second kappa shape index (κ2) is 7.42. The Balaban J connectivity index is 1.53. The molecule has 1 aromatic carbocycles. The van der Waals surface area contributed by atoms with Crippen molar-refractivity contribution in [1.82, 2.24) is 20.3 Å². The molecule has 4 heterocycles. The third kappa shape index (κ3) is 3.24. The Labute approximate surface area is 189 Å². The minimum atomic E-state index is -0.564. The van der Waals surface area contributed by atoms with Crippen molar-refractivity contribution in [3.05, 3.63) is 34.7 Å². The van der Waals surface area contributed by atoms with Crippen molar-refractivity contribution in [3.63, 3.8) is 0 Å². The predicted molar refractivity (Wildman–Crippen MR) is 120 cm³/mol. The molecule has 2 aliphatic heterocycles. The zero-order valence-corrected chi connectivity index (χ0v) is 18.4. The maximum atomic E-state index is 15.9. The number of anilines is 1. The van der Waals surface area contributed by atoms with E-state index in [1.165, 1.54) is 19.2 Å². The average Bonchev–Trinajstić information content (AvgIpc) is 3.56. The number of fused-ring (bicyclic) bond motifs is 3. The Morgan fingerprint density at radius 2 is 1.91 bits per heavy atom. The van der Waals surface area contributed by atoms with Crippen molar-refractivity contribution >= 4 is 28.3 Å². The van der Waals surface area contributed by atoms with E-state index >= 15 is 4.39 Å². The topological polar surface area (TPSA) is 83.4 Å². The Kier molecular flexibility index (Phi) is 4.62. The van der Waals surface area contributed by atoms with Crippen LogP contribution in [0.2, 0.25) is 5.02 Å². The van der Waals surface area contributed by atoms with Crippen LogP contribution in [0.15, 0.2) is 18.3 Å². The molecule has 166 valence electrons. The summed E-state index contributed by atoms with van der Waals surface area (Å²) in [6.07, 6.45) is 5.85. The fourth-order valence-electron chi connectivity index (χ4n) is 5.10. The van der Waals surface area contributed by atoms with Gasteiger partial charge in [0.05, 0.1) is 12.5 Å². The monoisotopic (exact) mass is 455 g/mol. The summed E-state index contributed by atoms with van der Waals surface area (Å²) in [7, 11) is 1.48. The van der Waals surface area contributed by atoms with Crippen molar-refractivity contribution in [3.8, 4) is 23.0 Å². The summed E-state index contributed by atoms with van der Waals surface area (Å²) in [5, 5.41) is 14.7. The summed E-state index contributed by atoms with van der Waals surface area (Å²) >= 11 is 6.43. The number of piperazine rings is 1. The van der Waals surface area contributed by atoms with Gasteiger partial charge in [0.1, 0.15) is 22.8 Å². The molecule has 6 rings (SSSR count). The molecule has 2 bridgehead atoms. The van der Waals surface area contributed by atoms with Gasteiger partial charge in [0, 0.05) is 42.0 Å². The quantitative estimate of drug-likeness (QED) is 0.614. The fourth-order valence-corrected chi connectivity index (χ4v) is 5.47. The molecule has 2 N–H and O–H groups in total. The number of ether oxygens (including phenoxy) is 1. The lowest BCUT2D eigenvalue weighted by atomic mass is 9.98. The van der Waals surface area contributed by atoms with Crippen molar-refractivity contribution in [1.29, 1.82) is 0 Å². The molecule has 3 fully saturated rings. The lowest BCUT2D eigenvalue weighted by Gasteiger charge is -2.34. The molecule has 0 spiro atoms. The molecule has 3 aromatic rings. The molecule has 2 atom stereocenters. The summed E-state index contributed by atoms with van der Waals surface area (Å²) < 4.78 is 21.3. The minimum absolute atomic E-state index is 0.0204. The molecular weight excluding hydrogens is 433 g/mol. The molecule has 1 aliphatic carbocycles. The van der Waals surface area contributed by atoms with Gasteiger partial charge in [-0.3, -0.25) is 4.98 Å². The molecule has 2 unspecified atom stereocenters. The number of pyridine rings is 1. The highest BCUT2D eigenvalue weighted by Crippen LogP contribution is 2.49. The number of halogens is 2. The van der Waals surface area contributed by atoms with Crippen LogP contribution in [0, 0.1) is 5.82 Å². The summed E-state index contributed by atoms with van der Waals surface area (Å²) in [6, 6.07) is 3.95. The summed E-state index contributed by atoms with van der Waals surface area (Å²) in [6.45, 7) is 1.59. The van der Waals surface area contributed by atoms with Gasteiger partial charge in [-0.05, 0) is 49.3 Å². The van der Waals surface area contributed by atoms with E-state index in [-0.39, 0.29) is 28.9 Å². The van der Waals surface area contributed by atoms with Gasteiger partial charge in [0.15, 0.2) is 5.82 Å². The molecule has 32 heavy (non-hydrogen) atoms. The van der Waals surface area contributed by atoms with Crippen LogP contribution >= 0.6 is 11.6 Å². The summed E-state index contributed by atoms with van der Waals surface area (Å²) in [5.74, 6) is 0.306. The first kappa shape index (κ1) is 19.9. The van der Waals surface area contributed by atoms with E-state index in [0.717, 1.165) is 44.3 Å². The van der Waals surface area contributed by atoms with Crippen molar-refractivity contribution in [2.45, 2.75) is 43.7 Å².